The number of carbonyl (C=O) groups excluding carboxylic acids is 1. The molecule has 2 N–H and O–H groups in total. The van der Waals surface area contributed by atoms with E-state index in [1.54, 1.807) is 18.2 Å². The minimum Gasteiger partial charge on any atom is -0.494 e. The molecule has 38 heavy (non-hydrogen) atoms. The van der Waals surface area contributed by atoms with Gasteiger partial charge in [-0.1, -0.05) is 48.5 Å². The number of nitrogens with zero attached hydrogens (tertiary/aromatic N) is 3. The average Bonchev–Trinajstić information content (AvgIpc) is 3.49. The topological polar surface area (TPSA) is 82.8 Å². The van der Waals surface area contributed by atoms with E-state index in [4.69, 9.17) is 9.73 Å². The fraction of sp³-hybridized carbons (Fsp3) is 0.161. The number of benzene rings is 3. The summed E-state index contributed by atoms with van der Waals surface area (Å²) >= 11 is 0. The summed E-state index contributed by atoms with van der Waals surface area (Å²) in [7, 11) is 5.48. The standard InChI is InChI=1S/C31H30N4O3/c1-34(2)20-25-10-7-17-35(25)19-21-11-14-24(15-12-21)32-29(22-8-5-4-6-9-22)28-26-16-13-23(31(37)38-3)18-27(26)33-30(28)36/h4-18,33,36H,19-20H2,1-3H3. The monoisotopic (exact) mass is 506 g/mol. The predicted molar refractivity (Wildman–Crippen MR) is 150 cm³/mol. The predicted octanol–water partition coefficient (Wildman–Crippen LogP) is 5.74. The van der Waals surface area contributed by atoms with Crippen molar-refractivity contribution in [2.24, 2.45) is 4.99 Å². The Labute approximate surface area is 221 Å². The number of aromatic nitrogens is 2. The first-order valence-corrected chi connectivity index (χ1v) is 12.4. The number of nitrogens with one attached hydrogen (secondary N) is 1. The smallest absolute Gasteiger partial charge is 0.337 e. The van der Waals surface area contributed by atoms with Crippen molar-refractivity contribution in [1.29, 1.82) is 0 Å². The van der Waals surface area contributed by atoms with Crippen molar-refractivity contribution in [3.05, 3.63) is 119 Å². The van der Waals surface area contributed by atoms with Crippen LogP contribution in [-0.2, 0) is 17.8 Å². The molecule has 0 saturated heterocycles. The van der Waals surface area contributed by atoms with Gasteiger partial charge in [0.15, 0.2) is 5.88 Å². The molecule has 7 nitrogen and oxygen atoms in total. The van der Waals surface area contributed by atoms with Gasteiger partial charge >= 0.3 is 5.97 Å². The molecular formula is C31H30N4O3. The van der Waals surface area contributed by atoms with Gasteiger partial charge in [0.2, 0.25) is 0 Å². The molecular weight excluding hydrogens is 476 g/mol. The number of rotatable bonds is 8. The summed E-state index contributed by atoms with van der Waals surface area (Å²) in [6.07, 6.45) is 2.10. The average molecular weight is 507 g/mol. The van der Waals surface area contributed by atoms with Gasteiger partial charge in [-0.25, -0.2) is 9.79 Å². The summed E-state index contributed by atoms with van der Waals surface area (Å²) in [5, 5.41) is 11.7. The zero-order valence-corrected chi connectivity index (χ0v) is 21.7. The van der Waals surface area contributed by atoms with Crippen molar-refractivity contribution in [3.8, 4) is 5.88 Å². The van der Waals surface area contributed by atoms with E-state index >= 15 is 0 Å². The Hall–Kier alpha value is -4.62. The van der Waals surface area contributed by atoms with Crippen LogP contribution in [0.5, 0.6) is 5.88 Å². The van der Waals surface area contributed by atoms with Crippen LogP contribution >= 0.6 is 0 Å². The fourth-order valence-corrected chi connectivity index (χ4v) is 4.60. The summed E-state index contributed by atoms with van der Waals surface area (Å²) in [6, 6.07) is 27.3. The van der Waals surface area contributed by atoms with E-state index in [1.807, 2.05) is 42.5 Å². The van der Waals surface area contributed by atoms with Crippen molar-refractivity contribution >= 4 is 28.3 Å². The van der Waals surface area contributed by atoms with Crippen LogP contribution in [0.15, 0.2) is 96.1 Å². The van der Waals surface area contributed by atoms with Crippen LogP contribution < -0.4 is 0 Å². The van der Waals surface area contributed by atoms with Gasteiger partial charge in [0, 0.05) is 41.4 Å². The van der Waals surface area contributed by atoms with Gasteiger partial charge in [-0.15, -0.1) is 0 Å². The molecule has 2 heterocycles. The number of carbonyl (C=O) groups is 1. The van der Waals surface area contributed by atoms with Crippen LogP contribution in [0.25, 0.3) is 10.9 Å². The molecule has 3 aromatic carbocycles. The molecule has 0 atom stereocenters. The summed E-state index contributed by atoms with van der Waals surface area (Å²) in [5.74, 6) is -0.449. The Morgan fingerprint density at radius 1 is 0.974 bits per heavy atom. The molecule has 192 valence electrons. The number of H-pyrrole nitrogens is 1. The molecule has 2 aromatic heterocycles. The minimum atomic E-state index is -0.437. The second-order valence-corrected chi connectivity index (χ2v) is 9.46. The lowest BCUT2D eigenvalue weighted by Gasteiger charge is -2.14. The Bertz CT molecular complexity index is 1600. The molecule has 0 aliphatic rings. The van der Waals surface area contributed by atoms with Crippen molar-refractivity contribution in [2.45, 2.75) is 13.1 Å². The van der Waals surface area contributed by atoms with Crippen molar-refractivity contribution < 1.29 is 14.6 Å². The Morgan fingerprint density at radius 3 is 2.45 bits per heavy atom. The zero-order chi connectivity index (χ0) is 26.6. The van der Waals surface area contributed by atoms with E-state index in [9.17, 15) is 9.90 Å². The lowest BCUT2D eigenvalue weighted by Crippen LogP contribution is -2.14. The highest BCUT2D eigenvalue weighted by Crippen LogP contribution is 2.32. The van der Waals surface area contributed by atoms with E-state index in [1.165, 1.54) is 18.4 Å². The first-order valence-electron chi connectivity index (χ1n) is 12.4. The van der Waals surface area contributed by atoms with Crippen LogP contribution in [0.3, 0.4) is 0 Å². The molecule has 0 aliphatic heterocycles. The van der Waals surface area contributed by atoms with Gasteiger partial charge in [0.25, 0.3) is 0 Å². The number of fused-ring (bicyclic) bond motifs is 1. The van der Waals surface area contributed by atoms with E-state index < -0.39 is 5.97 Å². The molecule has 0 unspecified atom stereocenters. The maximum Gasteiger partial charge on any atom is 0.337 e. The summed E-state index contributed by atoms with van der Waals surface area (Å²) in [5.41, 5.74) is 6.30. The second-order valence-electron chi connectivity index (χ2n) is 9.46. The largest absolute Gasteiger partial charge is 0.494 e. The van der Waals surface area contributed by atoms with Crippen LogP contribution in [0, 0.1) is 0 Å². The third-order valence-electron chi connectivity index (χ3n) is 6.42. The van der Waals surface area contributed by atoms with Gasteiger partial charge in [0.1, 0.15) is 0 Å². The number of aliphatic imine (C=N–C) groups is 1. The van der Waals surface area contributed by atoms with Crippen molar-refractivity contribution in [1.82, 2.24) is 14.5 Å². The van der Waals surface area contributed by atoms with Crippen LogP contribution in [0.1, 0.15) is 32.7 Å². The van der Waals surface area contributed by atoms with E-state index in [2.05, 4.69) is 59.0 Å². The number of methoxy groups -OCH3 is 1. The van der Waals surface area contributed by atoms with E-state index in [0.717, 1.165) is 29.7 Å². The SMILES string of the molecule is COC(=O)c1ccc2c(C(=Nc3ccc(Cn4cccc4CN(C)C)cc3)c3ccccc3)c(O)[nH]c2c1. The lowest BCUT2D eigenvalue weighted by molar-refractivity contribution is 0.0601. The second kappa shape index (κ2) is 10.8. The molecule has 5 rings (SSSR count). The van der Waals surface area contributed by atoms with Crippen LogP contribution in [0.4, 0.5) is 5.69 Å². The van der Waals surface area contributed by atoms with Crippen LogP contribution in [-0.4, -0.2) is 52.4 Å². The molecule has 0 aliphatic carbocycles. The fourth-order valence-electron chi connectivity index (χ4n) is 4.60. The van der Waals surface area contributed by atoms with E-state index in [0.29, 0.717) is 22.4 Å². The number of esters is 1. The third kappa shape index (κ3) is 5.23. The molecule has 0 bridgehead atoms. The minimum absolute atomic E-state index is 0.0118. The Morgan fingerprint density at radius 2 is 1.74 bits per heavy atom. The van der Waals surface area contributed by atoms with Gasteiger partial charge in [0.05, 0.1) is 29.6 Å². The number of aromatic hydroxyl groups is 1. The highest BCUT2D eigenvalue weighted by Gasteiger charge is 2.20. The quantitative estimate of drug-likeness (QED) is 0.208. The first-order chi connectivity index (χ1) is 18.4. The molecule has 0 saturated carbocycles. The van der Waals surface area contributed by atoms with Gasteiger partial charge in [-0.2, -0.15) is 0 Å². The lowest BCUT2D eigenvalue weighted by atomic mass is 10.00. The van der Waals surface area contributed by atoms with Gasteiger partial charge < -0.3 is 24.3 Å². The number of hydrogen-bond acceptors (Lipinski definition) is 5. The Kier molecular flexibility index (Phi) is 7.11. The maximum absolute atomic E-state index is 12.0. The molecule has 7 heteroatoms. The molecule has 5 aromatic rings. The normalized spacial score (nSPS) is 11.8. The highest BCUT2D eigenvalue weighted by atomic mass is 16.5. The molecule has 0 amide bonds. The maximum atomic E-state index is 12.0. The van der Waals surface area contributed by atoms with Gasteiger partial charge in [-0.3, -0.25) is 0 Å². The van der Waals surface area contributed by atoms with Crippen molar-refractivity contribution in [2.75, 3.05) is 21.2 Å². The third-order valence-corrected chi connectivity index (χ3v) is 6.42. The van der Waals surface area contributed by atoms with Crippen LogP contribution in [0.2, 0.25) is 0 Å². The number of aromatic amines is 1. The number of ether oxygens (including phenoxy) is 1. The summed E-state index contributed by atoms with van der Waals surface area (Å²) in [6.45, 7) is 1.66. The van der Waals surface area contributed by atoms with Gasteiger partial charge in [-0.05, 0) is 56.1 Å². The zero-order valence-electron chi connectivity index (χ0n) is 21.7. The van der Waals surface area contributed by atoms with E-state index in [-0.39, 0.29) is 5.88 Å². The first kappa shape index (κ1) is 25.0. The molecule has 0 fully saturated rings. The highest BCUT2D eigenvalue weighted by molar-refractivity contribution is 6.22. The molecule has 0 radical (unpaired) electrons. The molecule has 0 spiro atoms. The summed E-state index contributed by atoms with van der Waals surface area (Å²) in [4.78, 5) is 22.1. The number of hydrogen-bond donors (Lipinski definition) is 2. The summed E-state index contributed by atoms with van der Waals surface area (Å²) < 4.78 is 7.09. The Balaban J connectivity index is 1.52. The van der Waals surface area contributed by atoms with Crippen molar-refractivity contribution in [3.63, 3.8) is 0 Å².